The quantitative estimate of drug-likeness (QED) is 0.546. The molecule has 0 bridgehead atoms. The summed E-state index contributed by atoms with van der Waals surface area (Å²) >= 11 is 1.65. The molecule has 0 saturated carbocycles. The number of rotatable bonds is 6. The molecule has 3 aromatic carbocycles. The molecule has 1 N–H and O–H groups in total. The molecule has 4 rings (SSSR count). The maximum absolute atomic E-state index is 13.3. The summed E-state index contributed by atoms with van der Waals surface area (Å²) in [6.07, 6.45) is 1.25. The number of methoxy groups -OCH3 is 1. The van der Waals surface area contributed by atoms with Crippen molar-refractivity contribution in [1.29, 1.82) is 0 Å². The van der Waals surface area contributed by atoms with Gasteiger partial charge in [0.25, 0.3) is 0 Å². The van der Waals surface area contributed by atoms with Crippen LogP contribution in [0, 0.1) is 0 Å². The van der Waals surface area contributed by atoms with E-state index in [1.807, 2.05) is 72.8 Å². The van der Waals surface area contributed by atoms with E-state index in [1.165, 1.54) is 5.56 Å². The van der Waals surface area contributed by atoms with E-state index in [-0.39, 0.29) is 23.6 Å². The van der Waals surface area contributed by atoms with Gasteiger partial charge in [-0.15, -0.1) is 11.8 Å². The Hall–Kier alpha value is -3.25. The molecular formula is C26H26N2O3S. The number of para-hydroxylation sites is 1. The first-order valence-corrected chi connectivity index (χ1v) is 11.5. The van der Waals surface area contributed by atoms with Crippen LogP contribution in [0.1, 0.15) is 29.7 Å². The van der Waals surface area contributed by atoms with Gasteiger partial charge in [-0.1, -0.05) is 43.3 Å². The molecule has 0 radical (unpaired) electrons. The molecule has 1 aliphatic rings. The Bertz CT molecular complexity index is 1100. The van der Waals surface area contributed by atoms with Gasteiger partial charge in [-0.05, 0) is 53.9 Å². The minimum Gasteiger partial charge on any atom is -0.497 e. The van der Waals surface area contributed by atoms with Crippen LogP contribution in [-0.4, -0.2) is 25.5 Å². The number of ether oxygens (including phenoxy) is 1. The van der Waals surface area contributed by atoms with Crippen molar-refractivity contribution in [1.82, 2.24) is 0 Å². The Morgan fingerprint density at radius 1 is 1.06 bits per heavy atom. The highest BCUT2D eigenvalue weighted by Gasteiger charge is 2.30. The van der Waals surface area contributed by atoms with Crippen LogP contribution in [0.3, 0.4) is 0 Å². The van der Waals surface area contributed by atoms with E-state index in [9.17, 15) is 9.59 Å². The fraction of sp³-hybridized carbons (Fsp3) is 0.231. The number of anilines is 2. The smallest absolute Gasteiger partial charge is 0.244 e. The number of hydrogen-bond acceptors (Lipinski definition) is 4. The first-order chi connectivity index (χ1) is 15.6. The van der Waals surface area contributed by atoms with Gasteiger partial charge in [-0.3, -0.25) is 9.59 Å². The fourth-order valence-corrected chi connectivity index (χ4v) is 5.01. The van der Waals surface area contributed by atoms with E-state index in [1.54, 1.807) is 23.8 Å². The molecule has 0 fully saturated rings. The molecule has 1 atom stereocenters. The van der Waals surface area contributed by atoms with Gasteiger partial charge in [0.1, 0.15) is 12.3 Å². The average Bonchev–Trinajstić information content (AvgIpc) is 2.96. The van der Waals surface area contributed by atoms with Crippen LogP contribution in [0.2, 0.25) is 0 Å². The van der Waals surface area contributed by atoms with E-state index >= 15 is 0 Å². The Balaban J connectivity index is 1.54. The van der Waals surface area contributed by atoms with Crippen LogP contribution in [0.4, 0.5) is 11.4 Å². The molecular weight excluding hydrogens is 420 g/mol. The number of aryl methyl sites for hydroxylation is 1. The van der Waals surface area contributed by atoms with Gasteiger partial charge in [0.2, 0.25) is 11.8 Å². The highest BCUT2D eigenvalue weighted by Crippen LogP contribution is 2.45. The van der Waals surface area contributed by atoms with Gasteiger partial charge >= 0.3 is 0 Å². The summed E-state index contributed by atoms with van der Waals surface area (Å²) in [5, 5.41) is 2.88. The zero-order valence-electron chi connectivity index (χ0n) is 18.2. The Morgan fingerprint density at radius 3 is 2.47 bits per heavy atom. The Labute approximate surface area is 192 Å². The summed E-state index contributed by atoms with van der Waals surface area (Å²) in [6, 6.07) is 23.4. The molecule has 0 aliphatic carbocycles. The van der Waals surface area contributed by atoms with Crippen molar-refractivity contribution in [2.45, 2.75) is 29.9 Å². The van der Waals surface area contributed by atoms with Crippen LogP contribution >= 0.6 is 11.8 Å². The lowest BCUT2D eigenvalue weighted by Crippen LogP contribution is -2.38. The van der Waals surface area contributed by atoms with Crippen LogP contribution in [0.25, 0.3) is 0 Å². The molecule has 3 aromatic rings. The van der Waals surface area contributed by atoms with Crippen molar-refractivity contribution >= 4 is 35.0 Å². The third-order valence-corrected chi connectivity index (χ3v) is 6.84. The van der Waals surface area contributed by atoms with Gasteiger partial charge in [0.05, 0.1) is 12.8 Å². The van der Waals surface area contributed by atoms with Gasteiger partial charge in [0.15, 0.2) is 0 Å². The van der Waals surface area contributed by atoms with Crippen LogP contribution < -0.4 is 15.0 Å². The molecule has 0 unspecified atom stereocenters. The number of benzene rings is 3. The summed E-state index contributed by atoms with van der Waals surface area (Å²) in [7, 11) is 1.64. The molecule has 0 spiro atoms. The molecule has 2 amide bonds. The lowest BCUT2D eigenvalue weighted by molar-refractivity contribution is -0.121. The lowest BCUT2D eigenvalue weighted by Gasteiger charge is -2.22. The first kappa shape index (κ1) is 22.0. The van der Waals surface area contributed by atoms with Crippen molar-refractivity contribution in [2.75, 3.05) is 23.9 Å². The normalized spacial score (nSPS) is 15.6. The van der Waals surface area contributed by atoms with Crippen LogP contribution in [0.5, 0.6) is 5.75 Å². The Morgan fingerprint density at radius 2 is 1.78 bits per heavy atom. The molecule has 1 heterocycles. The molecule has 0 saturated heterocycles. The highest BCUT2D eigenvalue weighted by atomic mass is 32.2. The van der Waals surface area contributed by atoms with Gasteiger partial charge in [0, 0.05) is 22.3 Å². The second-order valence-electron chi connectivity index (χ2n) is 7.63. The number of fused-ring (bicyclic) bond motifs is 1. The maximum Gasteiger partial charge on any atom is 0.244 e. The van der Waals surface area contributed by atoms with Crippen molar-refractivity contribution in [2.24, 2.45) is 0 Å². The molecule has 6 heteroatoms. The van der Waals surface area contributed by atoms with Crippen molar-refractivity contribution in [3.05, 3.63) is 83.9 Å². The van der Waals surface area contributed by atoms with Crippen molar-refractivity contribution in [3.8, 4) is 5.75 Å². The predicted octanol–water partition coefficient (Wildman–Crippen LogP) is 5.47. The standard InChI is InChI=1S/C26H26N2O3S/c1-3-18-8-12-20(13-9-18)27-25(29)17-28-22-6-4-5-7-23(22)32-24(16-26(28)30)19-10-14-21(31-2)15-11-19/h4-15,24H,3,16-17H2,1-2H3,(H,27,29)/t24-/m1/s1. The number of thioether (sulfide) groups is 1. The molecule has 5 nitrogen and oxygen atoms in total. The summed E-state index contributed by atoms with van der Waals surface area (Å²) in [4.78, 5) is 28.6. The zero-order chi connectivity index (χ0) is 22.5. The number of hydrogen-bond donors (Lipinski definition) is 1. The van der Waals surface area contributed by atoms with Gasteiger partial charge < -0.3 is 15.0 Å². The monoisotopic (exact) mass is 446 g/mol. The van der Waals surface area contributed by atoms with Gasteiger partial charge in [-0.25, -0.2) is 0 Å². The van der Waals surface area contributed by atoms with Crippen LogP contribution in [-0.2, 0) is 16.0 Å². The Kier molecular flexibility index (Phi) is 6.81. The predicted molar refractivity (Wildman–Crippen MR) is 129 cm³/mol. The minimum absolute atomic E-state index is 0.0265. The fourth-order valence-electron chi connectivity index (χ4n) is 3.72. The van der Waals surface area contributed by atoms with Crippen molar-refractivity contribution in [3.63, 3.8) is 0 Å². The summed E-state index contributed by atoms with van der Waals surface area (Å²) < 4.78 is 5.25. The van der Waals surface area contributed by atoms with E-state index in [2.05, 4.69) is 12.2 Å². The summed E-state index contributed by atoms with van der Waals surface area (Å²) in [5.41, 5.74) is 3.77. The first-order valence-electron chi connectivity index (χ1n) is 10.7. The molecule has 0 aromatic heterocycles. The van der Waals surface area contributed by atoms with E-state index < -0.39 is 0 Å². The lowest BCUT2D eigenvalue weighted by atomic mass is 10.1. The largest absolute Gasteiger partial charge is 0.497 e. The minimum atomic E-state index is -0.217. The third-order valence-electron chi connectivity index (χ3n) is 5.52. The highest BCUT2D eigenvalue weighted by molar-refractivity contribution is 7.99. The third kappa shape index (κ3) is 4.97. The topological polar surface area (TPSA) is 58.6 Å². The number of carbonyl (C=O) groups excluding carboxylic acids is 2. The number of amides is 2. The van der Waals surface area contributed by atoms with E-state index in [0.717, 1.165) is 34.0 Å². The molecule has 164 valence electrons. The zero-order valence-corrected chi connectivity index (χ0v) is 19.0. The summed E-state index contributed by atoms with van der Waals surface area (Å²) in [6.45, 7) is 2.06. The SMILES string of the molecule is CCc1ccc(NC(=O)CN2C(=O)C[C@H](c3ccc(OC)cc3)Sc3ccccc32)cc1. The van der Waals surface area contributed by atoms with Crippen LogP contribution in [0.15, 0.2) is 77.7 Å². The second kappa shape index (κ2) is 9.92. The van der Waals surface area contributed by atoms with Crippen molar-refractivity contribution < 1.29 is 14.3 Å². The van der Waals surface area contributed by atoms with E-state index in [4.69, 9.17) is 4.74 Å². The second-order valence-corrected chi connectivity index (χ2v) is 8.87. The molecule has 32 heavy (non-hydrogen) atoms. The average molecular weight is 447 g/mol. The number of carbonyl (C=O) groups is 2. The maximum atomic E-state index is 13.3. The number of nitrogens with one attached hydrogen (secondary N) is 1. The number of nitrogens with zero attached hydrogens (tertiary/aromatic N) is 1. The van der Waals surface area contributed by atoms with Gasteiger partial charge in [-0.2, -0.15) is 0 Å². The van der Waals surface area contributed by atoms with E-state index in [0.29, 0.717) is 6.42 Å². The molecule has 1 aliphatic heterocycles. The summed E-state index contributed by atoms with van der Waals surface area (Å²) in [5.74, 6) is 0.495.